The summed E-state index contributed by atoms with van der Waals surface area (Å²) in [6, 6.07) is 23.9. The van der Waals surface area contributed by atoms with E-state index in [1.807, 2.05) is 42.6 Å². The number of carboxylic acids is 2. The van der Waals surface area contributed by atoms with E-state index in [4.69, 9.17) is 0 Å². The molecule has 4 aromatic heterocycles. The second-order valence-corrected chi connectivity index (χ2v) is 17.4. The van der Waals surface area contributed by atoms with E-state index in [0.29, 0.717) is 73.0 Å². The summed E-state index contributed by atoms with van der Waals surface area (Å²) < 4.78 is 80.4. The van der Waals surface area contributed by atoms with Crippen LogP contribution in [0.2, 0.25) is 0 Å². The molecule has 4 heterocycles. The number of carbonyl (C=O) groups excluding carboxylic acids is 2. The van der Waals surface area contributed by atoms with Gasteiger partial charge < -0.3 is 31.5 Å². The lowest BCUT2D eigenvalue weighted by molar-refractivity contribution is -0.132. The number of hydrogen-bond donors (Lipinski definition) is 6. The van der Waals surface area contributed by atoms with Crippen molar-refractivity contribution in [2.24, 2.45) is 0 Å². The lowest BCUT2D eigenvalue weighted by Gasteiger charge is -2.14. The van der Waals surface area contributed by atoms with Gasteiger partial charge in [-0.05, 0) is 110 Å². The second kappa shape index (κ2) is 21.6. The van der Waals surface area contributed by atoms with E-state index >= 15 is 0 Å². The lowest BCUT2D eigenvalue weighted by atomic mass is 10.00. The van der Waals surface area contributed by atoms with E-state index in [9.17, 15) is 55.7 Å². The SMILES string of the molecule is CNC(=O)c1ccc(-c2cc(NCCC(F)(F)F)c3ncc(-c4ccc(C(=O)NC)c(C)c4)n3c2)cc1C.Cc1cc(-c2cc(NCCC(F)(F)F)c3ncc(-c4ccc(C(=O)O)c(C)c4)n3c2)ccc1C(=O)O. The van der Waals surface area contributed by atoms with Crippen LogP contribution in [0.5, 0.6) is 0 Å². The minimum Gasteiger partial charge on any atom is -0.478 e. The van der Waals surface area contributed by atoms with E-state index in [1.165, 1.54) is 12.1 Å². The van der Waals surface area contributed by atoms with Crippen LogP contribution in [0, 0.1) is 27.7 Å². The first-order valence-electron chi connectivity index (χ1n) is 22.9. The molecule has 0 unspecified atom stereocenters. The van der Waals surface area contributed by atoms with Crippen molar-refractivity contribution < 1.29 is 55.7 Å². The predicted molar refractivity (Wildman–Crippen MR) is 270 cm³/mol. The number of aromatic carboxylic acids is 2. The number of halogens is 6. The van der Waals surface area contributed by atoms with Crippen molar-refractivity contribution in [2.75, 3.05) is 37.8 Å². The first-order valence-corrected chi connectivity index (χ1v) is 22.9. The Hall–Kier alpha value is -8.68. The molecule has 0 fully saturated rings. The number of nitrogens with zero attached hydrogens (tertiary/aromatic N) is 4. The third-order valence-corrected chi connectivity index (χ3v) is 12.2. The highest BCUT2D eigenvalue weighted by atomic mass is 19.4. The van der Waals surface area contributed by atoms with Crippen molar-refractivity contribution in [3.05, 3.63) is 154 Å². The van der Waals surface area contributed by atoms with Gasteiger partial charge in [0.1, 0.15) is 0 Å². The molecule has 6 N–H and O–H groups in total. The molecule has 0 spiro atoms. The van der Waals surface area contributed by atoms with Gasteiger partial charge in [0, 0.05) is 73.0 Å². The maximum atomic E-state index is 12.8. The number of carbonyl (C=O) groups is 4. The summed E-state index contributed by atoms with van der Waals surface area (Å²) in [5.41, 5.74) is 11.4. The Morgan fingerprint density at radius 3 is 1.12 bits per heavy atom. The van der Waals surface area contributed by atoms with Crippen molar-refractivity contribution in [2.45, 2.75) is 52.9 Å². The molecule has 0 aliphatic rings. The Morgan fingerprint density at radius 1 is 0.486 bits per heavy atom. The molecule has 0 radical (unpaired) electrons. The van der Waals surface area contributed by atoms with Crippen LogP contribution >= 0.6 is 0 Å². The van der Waals surface area contributed by atoms with Crippen molar-refractivity contribution in [3.63, 3.8) is 0 Å². The molecule has 0 aliphatic heterocycles. The standard InChI is InChI=1S/C28H28F3N5O2.C26H22F3N3O4/c1-16-11-18(5-7-21(16)26(37)32-3)20-13-23(34-10-9-28(29,30)31)25-35-14-24(36(25)15-20)19-6-8-22(17(2)12-19)27(38)33-4;1-14-9-16(3-5-19(14)24(33)34)18-11-21(30-8-7-26(27,28)29)23-31-12-22(32(23)13-18)17-4-6-20(25(35)36)15(2)10-17/h5-8,11-15,34H,9-10H2,1-4H3,(H,32,37)(H,33,38);3-6,9-13,30H,7-8H2,1-2H3,(H,33,34)(H,35,36). The molecule has 8 aromatic rings. The minimum absolute atomic E-state index is 0.153. The monoisotopic (exact) mass is 1020 g/mol. The Morgan fingerprint density at radius 2 is 0.811 bits per heavy atom. The van der Waals surface area contributed by atoms with Gasteiger partial charge in [0.15, 0.2) is 11.3 Å². The maximum absolute atomic E-state index is 12.8. The van der Waals surface area contributed by atoms with Crippen LogP contribution in [-0.2, 0) is 0 Å². The molecule has 0 bridgehead atoms. The van der Waals surface area contributed by atoms with E-state index in [1.54, 1.807) is 106 Å². The van der Waals surface area contributed by atoms with Gasteiger partial charge in [-0.3, -0.25) is 18.4 Å². The molecule has 384 valence electrons. The van der Waals surface area contributed by atoms with Crippen LogP contribution in [0.25, 0.3) is 56.1 Å². The molecule has 0 saturated carbocycles. The quantitative estimate of drug-likeness (QED) is 0.0571. The summed E-state index contributed by atoms with van der Waals surface area (Å²) in [6.07, 6.45) is -3.78. The average Bonchev–Trinajstić information content (AvgIpc) is 3.98. The zero-order chi connectivity index (χ0) is 53.8. The Kier molecular flexibility index (Phi) is 15.5. The van der Waals surface area contributed by atoms with Gasteiger partial charge in [-0.1, -0.05) is 36.4 Å². The molecule has 14 nitrogen and oxygen atoms in total. The number of amides is 2. The molecule has 2 amide bonds. The topological polar surface area (TPSA) is 191 Å². The number of fused-ring (bicyclic) bond motifs is 2. The lowest BCUT2D eigenvalue weighted by Crippen LogP contribution is -2.18. The molecular formula is C54H50F6N8O6. The first-order chi connectivity index (χ1) is 35.0. The van der Waals surface area contributed by atoms with E-state index in [-0.39, 0.29) is 36.0 Å². The van der Waals surface area contributed by atoms with Crippen LogP contribution in [0.3, 0.4) is 0 Å². The fraction of sp³-hybridized carbons (Fsp3) is 0.222. The fourth-order valence-electron chi connectivity index (χ4n) is 8.45. The third-order valence-electron chi connectivity index (χ3n) is 12.2. The van der Waals surface area contributed by atoms with E-state index in [2.05, 4.69) is 31.2 Å². The largest absolute Gasteiger partial charge is 0.478 e. The molecule has 0 saturated heterocycles. The summed E-state index contributed by atoms with van der Waals surface area (Å²) in [7, 11) is 3.13. The highest BCUT2D eigenvalue weighted by molar-refractivity contribution is 5.97. The number of benzene rings is 4. The van der Waals surface area contributed by atoms with Crippen LogP contribution < -0.4 is 21.3 Å². The molecule has 0 atom stereocenters. The van der Waals surface area contributed by atoms with Crippen molar-refractivity contribution in [3.8, 4) is 44.8 Å². The summed E-state index contributed by atoms with van der Waals surface area (Å²) >= 11 is 0. The van der Waals surface area contributed by atoms with Crippen LogP contribution in [0.4, 0.5) is 37.7 Å². The van der Waals surface area contributed by atoms with E-state index in [0.717, 1.165) is 27.8 Å². The number of aromatic nitrogens is 4. The van der Waals surface area contributed by atoms with Gasteiger partial charge in [-0.25, -0.2) is 19.6 Å². The Labute approximate surface area is 420 Å². The number of hydrogen-bond acceptors (Lipinski definition) is 8. The van der Waals surface area contributed by atoms with E-state index < -0.39 is 37.1 Å². The van der Waals surface area contributed by atoms with Crippen molar-refractivity contribution >= 4 is 46.4 Å². The summed E-state index contributed by atoms with van der Waals surface area (Å²) in [6.45, 7) is 6.35. The van der Waals surface area contributed by atoms with Crippen LogP contribution in [0.1, 0.15) is 76.5 Å². The number of carboxylic acid groups (broad SMARTS) is 2. The van der Waals surface area contributed by atoms with Gasteiger partial charge in [0.25, 0.3) is 11.8 Å². The molecule has 0 aliphatic carbocycles. The zero-order valence-electron chi connectivity index (χ0n) is 40.8. The van der Waals surface area contributed by atoms with Crippen molar-refractivity contribution in [1.82, 2.24) is 29.4 Å². The van der Waals surface area contributed by atoms with Gasteiger partial charge in [-0.2, -0.15) is 26.3 Å². The van der Waals surface area contributed by atoms with Crippen LogP contribution in [0.15, 0.2) is 110 Å². The number of alkyl halides is 6. The second-order valence-electron chi connectivity index (χ2n) is 17.4. The molecule has 74 heavy (non-hydrogen) atoms. The summed E-state index contributed by atoms with van der Waals surface area (Å²) in [5.74, 6) is -2.50. The van der Waals surface area contributed by atoms with Gasteiger partial charge >= 0.3 is 24.3 Å². The summed E-state index contributed by atoms with van der Waals surface area (Å²) in [4.78, 5) is 56.0. The zero-order valence-corrected chi connectivity index (χ0v) is 40.8. The number of imidazole rings is 2. The fourth-order valence-corrected chi connectivity index (χ4v) is 8.45. The Balaban J connectivity index is 0.000000217. The maximum Gasteiger partial charge on any atom is 0.390 e. The predicted octanol–water partition coefficient (Wildman–Crippen LogP) is 11.4. The van der Waals surface area contributed by atoms with Crippen LogP contribution in [-0.4, -0.2) is 92.3 Å². The highest BCUT2D eigenvalue weighted by Crippen LogP contribution is 2.35. The minimum atomic E-state index is -4.32. The smallest absolute Gasteiger partial charge is 0.390 e. The van der Waals surface area contributed by atoms with Gasteiger partial charge in [-0.15, -0.1) is 0 Å². The number of pyridine rings is 2. The highest BCUT2D eigenvalue weighted by Gasteiger charge is 2.28. The normalized spacial score (nSPS) is 11.5. The average molecular weight is 1020 g/mol. The number of rotatable bonds is 14. The summed E-state index contributed by atoms with van der Waals surface area (Å²) in [5, 5.41) is 29.6. The Bertz CT molecular complexity index is 3470. The third kappa shape index (κ3) is 12.0. The molecule has 20 heteroatoms. The van der Waals surface area contributed by atoms with Crippen molar-refractivity contribution in [1.29, 1.82) is 0 Å². The number of anilines is 2. The molecule has 8 rings (SSSR count). The van der Waals surface area contributed by atoms with Gasteiger partial charge in [0.2, 0.25) is 0 Å². The number of nitrogens with one attached hydrogen (secondary N) is 4. The number of aryl methyl sites for hydroxylation is 4. The first kappa shape index (κ1) is 53.1. The molecule has 4 aromatic carbocycles. The molecular weight excluding hydrogens is 971 g/mol. The van der Waals surface area contributed by atoms with Gasteiger partial charge in [0.05, 0.1) is 59.1 Å².